The zero-order chi connectivity index (χ0) is 14.3. The first kappa shape index (κ1) is 13.0. The molecule has 3 rings (SSSR count). The van der Waals surface area contributed by atoms with Gasteiger partial charge in [-0.15, -0.1) is 0 Å². The van der Waals surface area contributed by atoms with Crippen molar-refractivity contribution in [2.24, 2.45) is 0 Å². The molecule has 0 aliphatic carbocycles. The van der Waals surface area contributed by atoms with Crippen LogP contribution in [0.15, 0.2) is 30.3 Å². The third kappa shape index (κ3) is 2.26. The second-order valence-electron chi connectivity index (χ2n) is 5.81. The fourth-order valence-electron chi connectivity index (χ4n) is 2.99. The molecule has 0 bridgehead atoms. The van der Waals surface area contributed by atoms with Crippen LogP contribution < -0.4 is 10.1 Å². The molecule has 1 aliphatic rings. The van der Waals surface area contributed by atoms with Crippen molar-refractivity contribution in [3.8, 4) is 5.75 Å². The number of hydrogen-bond acceptors (Lipinski definition) is 2. The molecule has 0 spiro atoms. The fourth-order valence-corrected chi connectivity index (χ4v) is 2.99. The van der Waals surface area contributed by atoms with Gasteiger partial charge in [0.1, 0.15) is 11.9 Å². The molecule has 2 aromatic rings. The van der Waals surface area contributed by atoms with E-state index in [1.807, 2.05) is 0 Å². The number of fused-ring (bicyclic) bond motifs is 1. The Kier molecular flexibility index (Phi) is 3.17. The Balaban J connectivity index is 1.96. The smallest absolute Gasteiger partial charge is 0.146 e. The van der Waals surface area contributed by atoms with Gasteiger partial charge in [0.15, 0.2) is 0 Å². The molecule has 1 N–H and O–H groups in total. The van der Waals surface area contributed by atoms with Gasteiger partial charge in [-0.25, -0.2) is 0 Å². The number of anilines is 1. The van der Waals surface area contributed by atoms with Gasteiger partial charge >= 0.3 is 0 Å². The zero-order valence-corrected chi connectivity index (χ0v) is 12.6. The van der Waals surface area contributed by atoms with E-state index in [4.69, 9.17) is 4.74 Å². The number of hydrogen-bond donors (Lipinski definition) is 1. The Labute approximate surface area is 120 Å². The van der Waals surface area contributed by atoms with Crippen LogP contribution in [0.25, 0.3) is 0 Å². The molecule has 20 heavy (non-hydrogen) atoms. The van der Waals surface area contributed by atoms with Gasteiger partial charge in [0.2, 0.25) is 0 Å². The summed E-state index contributed by atoms with van der Waals surface area (Å²) < 4.78 is 6.26. The second-order valence-corrected chi connectivity index (χ2v) is 5.81. The first-order valence-corrected chi connectivity index (χ1v) is 7.13. The van der Waals surface area contributed by atoms with Crippen LogP contribution in [-0.2, 0) is 0 Å². The SMILES string of the molecule is Cc1ccc(C2CNc3cc(C)cc(C)c3O2)c(C)c1. The minimum absolute atomic E-state index is 0.0875. The zero-order valence-electron chi connectivity index (χ0n) is 12.6. The van der Waals surface area contributed by atoms with Gasteiger partial charge in [0.05, 0.1) is 12.2 Å². The van der Waals surface area contributed by atoms with Gasteiger partial charge in [0.25, 0.3) is 0 Å². The van der Waals surface area contributed by atoms with Crippen LogP contribution in [-0.4, -0.2) is 6.54 Å². The highest BCUT2D eigenvalue weighted by molar-refractivity contribution is 5.63. The standard InChI is InChI=1S/C18H21NO/c1-11-5-6-15(13(3)7-11)17-10-19-16-9-12(2)8-14(4)18(16)20-17/h5-9,17,19H,10H2,1-4H3. The van der Waals surface area contributed by atoms with Crippen molar-refractivity contribution in [3.63, 3.8) is 0 Å². The van der Waals surface area contributed by atoms with Crippen LogP contribution in [0.4, 0.5) is 5.69 Å². The molecule has 0 amide bonds. The van der Waals surface area contributed by atoms with Crippen LogP contribution in [0.3, 0.4) is 0 Å². The van der Waals surface area contributed by atoms with Gasteiger partial charge in [-0.2, -0.15) is 0 Å². The Morgan fingerprint density at radius 1 is 0.950 bits per heavy atom. The fraction of sp³-hybridized carbons (Fsp3) is 0.333. The van der Waals surface area contributed by atoms with Crippen molar-refractivity contribution >= 4 is 5.69 Å². The molecule has 0 radical (unpaired) electrons. The lowest BCUT2D eigenvalue weighted by atomic mass is 9.99. The molecule has 2 heteroatoms. The molecule has 0 saturated carbocycles. The molecule has 1 aliphatic heterocycles. The van der Waals surface area contributed by atoms with E-state index in [-0.39, 0.29) is 6.10 Å². The van der Waals surface area contributed by atoms with Crippen molar-refractivity contribution in [2.75, 3.05) is 11.9 Å². The normalized spacial score (nSPS) is 17.1. The molecule has 1 atom stereocenters. The topological polar surface area (TPSA) is 21.3 Å². The molecule has 2 nitrogen and oxygen atoms in total. The maximum atomic E-state index is 6.26. The van der Waals surface area contributed by atoms with Crippen LogP contribution in [0, 0.1) is 27.7 Å². The maximum Gasteiger partial charge on any atom is 0.146 e. The summed E-state index contributed by atoms with van der Waals surface area (Å²) in [5.41, 5.74) is 7.44. The lowest BCUT2D eigenvalue weighted by Gasteiger charge is -2.30. The number of nitrogens with one attached hydrogen (secondary N) is 1. The van der Waals surface area contributed by atoms with E-state index in [0.29, 0.717) is 0 Å². The highest BCUT2D eigenvalue weighted by atomic mass is 16.5. The van der Waals surface area contributed by atoms with Crippen LogP contribution in [0.5, 0.6) is 5.75 Å². The molecule has 2 aromatic carbocycles. The molecule has 1 unspecified atom stereocenters. The molecule has 0 saturated heterocycles. The van der Waals surface area contributed by atoms with Crippen molar-refractivity contribution in [1.29, 1.82) is 0 Å². The summed E-state index contributed by atoms with van der Waals surface area (Å²) in [7, 11) is 0. The van der Waals surface area contributed by atoms with Crippen LogP contribution >= 0.6 is 0 Å². The second kappa shape index (κ2) is 4.86. The predicted octanol–water partition coefficient (Wildman–Crippen LogP) is 4.47. The average molecular weight is 267 g/mol. The van der Waals surface area contributed by atoms with E-state index in [0.717, 1.165) is 18.0 Å². The predicted molar refractivity (Wildman–Crippen MR) is 83.7 cm³/mol. The third-order valence-corrected chi connectivity index (χ3v) is 3.93. The summed E-state index contributed by atoms with van der Waals surface area (Å²) in [6.45, 7) is 9.32. The minimum atomic E-state index is 0.0875. The average Bonchev–Trinajstić information content (AvgIpc) is 2.38. The largest absolute Gasteiger partial charge is 0.481 e. The molecular weight excluding hydrogens is 246 g/mol. The van der Waals surface area contributed by atoms with Crippen molar-refractivity contribution < 1.29 is 4.74 Å². The van der Waals surface area contributed by atoms with Crippen LogP contribution in [0.1, 0.15) is 33.9 Å². The number of benzene rings is 2. The summed E-state index contributed by atoms with van der Waals surface area (Å²) in [6.07, 6.45) is 0.0875. The van der Waals surface area contributed by atoms with E-state index in [9.17, 15) is 0 Å². The highest BCUT2D eigenvalue weighted by Crippen LogP contribution is 2.38. The van der Waals surface area contributed by atoms with E-state index in [1.54, 1.807) is 0 Å². The molecular formula is C18H21NO. The van der Waals surface area contributed by atoms with Gasteiger partial charge < -0.3 is 10.1 Å². The van der Waals surface area contributed by atoms with Gasteiger partial charge in [0, 0.05) is 0 Å². The number of ether oxygens (including phenoxy) is 1. The summed E-state index contributed by atoms with van der Waals surface area (Å²) in [5.74, 6) is 0.992. The van der Waals surface area contributed by atoms with Gasteiger partial charge in [-0.05, 0) is 56.0 Å². The Hall–Kier alpha value is -1.96. The van der Waals surface area contributed by atoms with Crippen molar-refractivity contribution in [2.45, 2.75) is 33.8 Å². The number of aryl methyl sites for hydroxylation is 4. The van der Waals surface area contributed by atoms with E-state index in [1.165, 1.54) is 27.8 Å². The molecule has 1 heterocycles. The lowest BCUT2D eigenvalue weighted by Crippen LogP contribution is -2.24. The quantitative estimate of drug-likeness (QED) is 0.823. The number of rotatable bonds is 1. The Morgan fingerprint density at radius 2 is 1.70 bits per heavy atom. The monoisotopic (exact) mass is 267 g/mol. The summed E-state index contributed by atoms with van der Waals surface area (Å²) in [6, 6.07) is 10.9. The maximum absolute atomic E-state index is 6.26. The van der Waals surface area contributed by atoms with Gasteiger partial charge in [-0.3, -0.25) is 0 Å². The minimum Gasteiger partial charge on any atom is -0.481 e. The van der Waals surface area contributed by atoms with Crippen LogP contribution in [0.2, 0.25) is 0 Å². The lowest BCUT2D eigenvalue weighted by molar-refractivity contribution is 0.208. The Bertz CT molecular complexity index is 661. The van der Waals surface area contributed by atoms with E-state index in [2.05, 4.69) is 63.3 Å². The first-order chi connectivity index (χ1) is 9.54. The van der Waals surface area contributed by atoms with Gasteiger partial charge in [-0.1, -0.05) is 29.8 Å². The van der Waals surface area contributed by atoms with E-state index < -0.39 is 0 Å². The van der Waals surface area contributed by atoms with Crippen molar-refractivity contribution in [1.82, 2.24) is 0 Å². The van der Waals surface area contributed by atoms with Crippen molar-refractivity contribution in [3.05, 3.63) is 58.1 Å². The third-order valence-electron chi connectivity index (χ3n) is 3.93. The van der Waals surface area contributed by atoms with E-state index >= 15 is 0 Å². The molecule has 0 aromatic heterocycles. The first-order valence-electron chi connectivity index (χ1n) is 7.13. The highest BCUT2D eigenvalue weighted by Gasteiger charge is 2.23. The molecule has 0 fully saturated rings. The molecule has 104 valence electrons. The summed E-state index contributed by atoms with van der Waals surface area (Å²) in [4.78, 5) is 0. The summed E-state index contributed by atoms with van der Waals surface area (Å²) in [5, 5.41) is 3.51. The summed E-state index contributed by atoms with van der Waals surface area (Å²) >= 11 is 0. The Morgan fingerprint density at radius 3 is 2.45 bits per heavy atom.